The van der Waals surface area contributed by atoms with E-state index >= 15 is 0 Å². The van der Waals surface area contributed by atoms with Crippen LogP contribution >= 0.6 is 0 Å². The van der Waals surface area contributed by atoms with Gasteiger partial charge < -0.3 is 4.74 Å². The summed E-state index contributed by atoms with van der Waals surface area (Å²) in [6, 6.07) is 6.23. The molecule has 2 N–H and O–H groups in total. The zero-order valence-electron chi connectivity index (χ0n) is 14.9. The van der Waals surface area contributed by atoms with Gasteiger partial charge in [0, 0.05) is 25.2 Å². The predicted octanol–water partition coefficient (Wildman–Crippen LogP) is 1.10. The van der Waals surface area contributed by atoms with Crippen LogP contribution in [0, 0.1) is 6.92 Å². The Hall–Kier alpha value is -2.17. The van der Waals surface area contributed by atoms with Crippen molar-refractivity contribution < 1.29 is 26.4 Å². The number of carbonyl (C=O) groups is 1. The number of nitrogens with zero attached hydrogens (tertiary/aromatic N) is 1. The molecule has 1 aromatic heterocycles. The summed E-state index contributed by atoms with van der Waals surface area (Å²) in [6.07, 6.45) is 1.25. The highest BCUT2D eigenvalue weighted by atomic mass is 32.2. The molecule has 0 saturated heterocycles. The highest BCUT2D eigenvalue weighted by Gasteiger charge is 2.34. The first-order valence-electron chi connectivity index (χ1n) is 8.25. The van der Waals surface area contributed by atoms with Crippen molar-refractivity contribution in [2.45, 2.75) is 49.0 Å². The molecule has 146 valence electrons. The van der Waals surface area contributed by atoms with E-state index in [1.54, 1.807) is 12.1 Å². The molecule has 1 aliphatic rings. The molecule has 1 unspecified atom stereocenters. The van der Waals surface area contributed by atoms with E-state index in [9.17, 15) is 21.6 Å². The van der Waals surface area contributed by atoms with E-state index in [2.05, 4.69) is 0 Å². The van der Waals surface area contributed by atoms with Crippen molar-refractivity contribution in [3.8, 4) is 0 Å². The molecule has 2 aromatic rings. The molecule has 0 fully saturated rings. The van der Waals surface area contributed by atoms with Crippen molar-refractivity contribution in [1.82, 2.24) is 3.97 Å². The number of esters is 1. The van der Waals surface area contributed by atoms with Gasteiger partial charge >= 0.3 is 5.97 Å². The summed E-state index contributed by atoms with van der Waals surface area (Å²) in [5, 5.41) is 5.29. The number of hydrogen-bond donors (Lipinski definition) is 1. The number of hydrogen-bond acceptors (Lipinski definition) is 6. The standard InChI is InChI=1S/C17H20N2O6S2/c1-11-3-6-14(7-4-11)27(23,24)19-10-17(26(18,21)22)15-8-5-13(9-16(15)19)25-12(2)20/h3-4,6-7,10,13H,5,8-9H2,1-2H3,(H2,18,21,22). The van der Waals surface area contributed by atoms with Crippen molar-refractivity contribution in [2.24, 2.45) is 5.14 Å². The summed E-state index contributed by atoms with van der Waals surface area (Å²) in [6.45, 7) is 3.10. The number of fused-ring (bicyclic) bond motifs is 1. The van der Waals surface area contributed by atoms with Crippen LogP contribution < -0.4 is 5.14 Å². The van der Waals surface area contributed by atoms with Crippen LogP contribution in [-0.4, -0.2) is 32.9 Å². The number of aromatic nitrogens is 1. The molecule has 8 nitrogen and oxygen atoms in total. The Morgan fingerprint density at radius 2 is 1.81 bits per heavy atom. The van der Waals surface area contributed by atoms with E-state index in [-0.39, 0.29) is 28.3 Å². The Balaban J connectivity index is 2.17. The maximum atomic E-state index is 13.1. The van der Waals surface area contributed by atoms with Gasteiger partial charge in [-0.3, -0.25) is 4.79 Å². The van der Waals surface area contributed by atoms with Crippen molar-refractivity contribution >= 4 is 26.0 Å². The zero-order valence-corrected chi connectivity index (χ0v) is 16.5. The number of nitrogens with two attached hydrogens (primary N) is 1. The van der Waals surface area contributed by atoms with Gasteiger partial charge in [0.1, 0.15) is 11.0 Å². The number of sulfonamides is 1. The number of rotatable bonds is 4. The molecule has 1 heterocycles. The van der Waals surface area contributed by atoms with E-state index in [0.29, 0.717) is 12.0 Å². The Morgan fingerprint density at radius 1 is 1.19 bits per heavy atom. The molecule has 27 heavy (non-hydrogen) atoms. The molecule has 10 heteroatoms. The van der Waals surface area contributed by atoms with Crippen molar-refractivity contribution in [2.75, 3.05) is 0 Å². The van der Waals surface area contributed by atoms with Gasteiger partial charge in [0.2, 0.25) is 10.0 Å². The van der Waals surface area contributed by atoms with Gasteiger partial charge in [-0.15, -0.1) is 0 Å². The fourth-order valence-corrected chi connectivity index (χ4v) is 5.57. The molecule has 1 atom stereocenters. The van der Waals surface area contributed by atoms with Crippen LogP contribution in [0.1, 0.15) is 30.2 Å². The third-order valence-electron chi connectivity index (χ3n) is 4.50. The summed E-state index contributed by atoms with van der Waals surface area (Å²) in [4.78, 5) is 11.1. The molecule has 0 bridgehead atoms. The summed E-state index contributed by atoms with van der Waals surface area (Å²) in [5.74, 6) is -0.477. The van der Waals surface area contributed by atoms with Crippen LogP contribution in [0.2, 0.25) is 0 Å². The van der Waals surface area contributed by atoms with Crippen LogP contribution in [0.15, 0.2) is 40.3 Å². The minimum atomic E-state index is -4.11. The Bertz CT molecular complexity index is 1100. The van der Waals surface area contributed by atoms with Gasteiger partial charge in [-0.2, -0.15) is 0 Å². The summed E-state index contributed by atoms with van der Waals surface area (Å²) < 4.78 is 56.3. The average molecular weight is 412 g/mol. The lowest BCUT2D eigenvalue weighted by atomic mass is 9.95. The molecule has 0 amide bonds. The summed E-state index contributed by atoms with van der Waals surface area (Å²) in [5.41, 5.74) is 1.53. The third-order valence-corrected chi connectivity index (χ3v) is 7.18. The van der Waals surface area contributed by atoms with Crippen LogP contribution in [0.4, 0.5) is 0 Å². The molecular formula is C17H20N2O6S2. The topological polar surface area (TPSA) is 126 Å². The first-order valence-corrected chi connectivity index (χ1v) is 11.2. The van der Waals surface area contributed by atoms with Gasteiger partial charge in [-0.05, 0) is 37.5 Å². The zero-order chi connectivity index (χ0) is 20.0. The van der Waals surface area contributed by atoms with E-state index in [0.717, 1.165) is 15.7 Å². The number of primary sulfonamides is 1. The third kappa shape index (κ3) is 3.78. The molecular weight excluding hydrogens is 392 g/mol. The average Bonchev–Trinajstić information content (AvgIpc) is 2.94. The Labute approximate surface area is 158 Å². The quantitative estimate of drug-likeness (QED) is 0.750. The second kappa shape index (κ2) is 6.77. The SMILES string of the molecule is CC(=O)OC1CCc2c(S(N)(=O)=O)cn(S(=O)(=O)c3ccc(C)cc3)c2C1. The monoisotopic (exact) mass is 412 g/mol. The van der Waals surface area contributed by atoms with Crippen molar-refractivity contribution in [3.63, 3.8) is 0 Å². The maximum absolute atomic E-state index is 13.1. The van der Waals surface area contributed by atoms with E-state index < -0.39 is 32.1 Å². The molecule has 1 aliphatic carbocycles. The van der Waals surface area contributed by atoms with Gasteiger partial charge in [-0.25, -0.2) is 25.9 Å². The number of aryl methyl sites for hydroxylation is 1. The second-order valence-corrected chi connectivity index (χ2v) is 9.90. The molecule has 0 aliphatic heterocycles. The minimum absolute atomic E-state index is 0.0291. The second-order valence-electron chi connectivity index (χ2n) is 6.55. The van der Waals surface area contributed by atoms with Crippen LogP contribution in [0.25, 0.3) is 0 Å². The van der Waals surface area contributed by atoms with Gasteiger partial charge in [0.15, 0.2) is 0 Å². The fourth-order valence-electron chi connectivity index (χ4n) is 3.26. The highest BCUT2D eigenvalue weighted by molar-refractivity contribution is 7.90. The summed E-state index contributed by atoms with van der Waals surface area (Å²) >= 11 is 0. The molecule has 0 saturated carbocycles. The largest absolute Gasteiger partial charge is 0.462 e. The number of ether oxygens (including phenoxy) is 1. The van der Waals surface area contributed by atoms with E-state index in [1.165, 1.54) is 19.1 Å². The summed E-state index contributed by atoms with van der Waals surface area (Å²) in [7, 11) is -8.14. The van der Waals surface area contributed by atoms with Gasteiger partial charge in [-0.1, -0.05) is 17.7 Å². The first kappa shape index (κ1) is 19.6. The maximum Gasteiger partial charge on any atom is 0.302 e. The Morgan fingerprint density at radius 3 is 2.37 bits per heavy atom. The molecule has 1 aromatic carbocycles. The Kier molecular flexibility index (Phi) is 4.91. The number of carbonyl (C=O) groups excluding carboxylic acids is 1. The molecule has 0 radical (unpaired) electrons. The lowest BCUT2D eigenvalue weighted by molar-refractivity contribution is -0.146. The highest BCUT2D eigenvalue weighted by Crippen LogP contribution is 2.32. The number of benzene rings is 1. The van der Waals surface area contributed by atoms with Gasteiger partial charge in [0.25, 0.3) is 10.0 Å². The minimum Gasteiger partial charge on any atom is -0.462 e. The predicted molar refractivity (Wildman–Crippen MR) is 97.1 cm³/mol. The van der Waals surface area contributed by atoms with Crippen LogP contribution in [0.3, 0.4) is 0 Å². The first-order chi connectivity index (χ1) is 12.5. The fraction of sp³-hybridized carbons (Fsp3) is 0.353. The lowest BCUT2D eigenvalue weighted by Gasteiger charge is -2.24. The smallest absolute Gasteiger partial charge is 0.302 e. The van der Waals surface area contributed by atoms with Crippen LogP contribution in [0.5, 0.6) is 0 Å². The van der Waals surface area contributed by atoms with E-state index in [4.69, 9.17) is 9.88 Å². The lowest BCUT2D eigenvalue weighted by Crippen LogP contribution is -2.28. The van der Waals surface area contributed by atoms with Crippen molar-refractivity contribution in [1.29, 1.82) is 0 Å². The van der Waals surface area contributed by atoms with E-state index in [1.807, 2.05) is 6.92 Å². The van der Waals surface area contributed by atoms with Crippen LogP contribution in [-0.2, 0) is 42.4 Å². The normalized spacial score (nSPS) is 17.4. The molecule has 0 spiro atoms. The van der Waals surface area contributed by atoms with Gasteiger partial charge in [0.05, 0.1) is 4.90 Å². The van der Waals surface area contributed by atoms with Crippen molar-refractivity contribution in [3.05, 3.63) is 47.3 Å². The molecule has 3 rings (SSSR count).